The molecule has 0 atom stereocenters. The van der Waals surface area contributed by atoms with Gasteiger partial charge in [-0.15, -0.1) is 0 Å². The number of carbonyl (C=O) groups excluding carboxylic acids is 1. The fourth-order valence-electron chi connectivity index (χ4n) is 1.39. The van der Waals surface area contributed by atoms with E-state index in [1.165, 1.54) is 6.07 Å². The highest BCUT2D eigenvalue weighted by Crippen LogP contribution is 2.34. The minimum Gasteiger partial charge on any atom is -0.461 e. The van der Waals surface area contributed by atoms with Gasteiger partial charge in [0.15, 0.2) is 0 Å². The van der Waals surface area contributed by atoms with Crippen LogP contribution in [-0.2, 0) is 4.74 Å². The Morgan fingerprint density at radius 3 is 3.00 bits per heavy atom. The lowest BCUT2D eigenvalue weighted by Crippen LogP contribution is -2.12. The van der Waals surface area contributed by atoms with Crippen molar-refractivity contribution in [2.45, 2.75) is 25.8 Å². The van der Waals surface area contributed by atoms with E-state index >= 15 is 0 Å². The average molecular weight is 196 g/mol. The van der Waals surface area contributed by atoms with E-state index in [1.807, 2.05) is 0 Å². The Morgan fingerprint density at radius 1 is 1.71 bits per heavy atom. The maximum absolute atomic E-state index is 11.4. The summed E-state index contributed by atoms with van der Waals surface area (Å²) in [4.78, 5) is 22.5. The summed E-state index contributed by atoms with van der Waals surface area (Å²) < 4.78 is 6.45. The molecule has 76 valence electrons. The summed E-state index contributed by atoms with van der Waals surface area (Å²) in [5.41, 5.74) is 0.0827. The molecule has 1 aromatic rings. The Hall–Kier alpha value is -1.52. The average Bonchev–Trinajstić information content (AvgIpc) is 2.90. The van der Waals surface area contributed by atoms with Crippen molar-refractivity contribution in [2.75, 3.05) is 6.61 Å². The molecule has 0 saturated heterocycles. The highest BCUT2D eigenvalue weighted by atomic mass is 16.5. The molecule has 0 aliphatic heterocycles. The van der Waals surface area contributed by atoms with Crippen molar-refractivity contribution in [1.82, 2.24) is 9.78 Å². The second-order valence-electron chi connectivity index (χ2n) is 3.33. The zero-order valence-corrected chi connectivity index (χ0v) is 7.95. The zero-order chi connectivity index (χ0) is 10.1. The third-order valence-electron chi connectivity index (χ3n) is 2.15. The molecule has 1 aliphatic rings. The van der Waals surface area contributed by atoms with Crippen molar-refractivity contribution in [2.24, 2.45) is 0 Å². The summed E-state index contributed by atoms with van der Waals surface area (Å²) in [5, 5.41) is 2.61. The highest BCUT2D eigenvalue weighted by molar-refractivity contribution is 5.87. The van der Waals surface area contributed by atoms with Gasteiger partial charge in [0, 0.05) is 6.07 Å². The van der Waals surface area contributed by atoms with Gasteiger partial charge in [-0.1, -0.05) is 0 Å². The third kappa shape index (κ3) is 1.57. The number of ether oxygens (including phenoxy) is 1. The fourth-order valence-corrected chi connectivity index (χ4v) is 1.39. The number of aromatic amines is 1. The molecule has 5 heteroatoms. The van der Waals surface area contributed by atoms with Gasteiger partial charge in [-0.05, 0) is 19.8 Å². The Labute approximate surface area is 80.7 Å². The van der Waals surface area contributed by atoms with Gasteiger partial charge in [0.1, 0.15) is 5.69 Å². The normalized spacial score (nSPS) is 15.5. The first-order chi connectivity index (χ1) is 6.72. The first kappa shape index (κ1) is 9.05. The summed E-state index contributed by atoms with van der Waals surface area (Å²) in [5.74, 6) is -0.433. The van der Waals surface area contributed by atoms with E-state index in [0.29, 0.717) is 12.3 Å². The second-order valence-corrected chi connectivity index (χ2v) is 3.33. The van der Waals surface area contributed by atoms with Gasteiger partial charge in [0.25, 0.3) is 5.56 Å². The maximum Gasteiger partial charge on any atom is 0.356 e. The Morgan fingerprint density at radius 2 is 2.43 bits per heavy atom. The molecule has 5 nitrogen and oxygen atoms in total. The predicted molar refractivity (Wildman–Crippen MR) is 49.3 cm³/mol. The predicted octanol–water partition coefficient (Wildman–Crippen LogP) is 0.688. The summed E-state index contributed by atoms with van der Waals surface area (Å²) in [6.07, 6.45) is 2.02. The molecular weight excluding hydrogens is 184 g/mol. The third-order valence-corrected chi connectivity index (χ3v) is 2.15. The Balaban J connectivity index is 2.30. The van der Waals surface area contributed by atoms with Gasteiger partial charge in [-0.3, -0.25) is 14.6 Å². The molecule has 1 aliphatic carbocycles. The van der Waals surface area contributed by atoms with Gasteiger partial charge >= 0.3 is 5.97 Å². The largest absolute Gasteiger partial charge is 0.461 e. The molecule has 0 amide bonds. The molecule has 1 saturated carbocycles. The van der Waals surface area contributed by atoms with E-state index in [-0.39, 0.29) is 11.6 Å². The first-order valence-corrected chi connectivity index (χ1v) is 4.71. The van der Waals surface area contributed by atoms with Crippen LogP contribution in [0.15, 0.2) is 10.9 Å². The van der Waals surface area contributed by atoms with Crippen molar-refractivity contribution in [1.29, 1.82) is 0 Å². The molecule has 2 rings (SSSR count). The lowest BCUT2D eigenvalue weighted by atomic mass is 10.4. The first-order valence-electron chi connectivity index (χ1n) is 4.71. The number of hydrogen-bond acceptors (Lipinski definition) is 3. The monoisotopic (exact) mass is 196 g/mol. The van der Waals surface area contributed by atoms with Crippen LogP contribution in [0.2, 0.25) is 0 Å². The number of aromatic nitrogens is 2. The zero-order valence-electron chi connectivity index (χ0n) is 7.95. The minimum atomic E-state index is -0.433. The Kier molecular flexibility index (Phi) is 2.15. The lowest BCUT2D eigenvalue weighted by molar-refractivity contribution is 0.0511. The number of H-pyrrole nitrogens is 1. The standard InChI is InChI=1S/C9H12N2O3/c1-2-14-9(13)7-5-8(12)10-11(7)6-3-4-6/h5-6H,2-4H2,1H3,(H,10,12). The van der Waals surface area contributed by atoms with E-state index in [2.05, 4.69) is 5.10 Å². The molecule has 0 unspecified atom stereocenters. The highest BCUT2D eigenvalue weighted by Gasteiger charge is 2.28. The molecule has 1 N–H and O–H groups in total. The van der Waals surface area contributed by atoms with Crippen LogP contribution >= 0.6 is 0 Å². The summed E-state index contributed by atoms with van der Waals surface area (Å²) >= 11 is 0. The van der Waals surface area contributed by atoms with Gasteiger partial charge in [-0.2, -0.15) is 0 Å². The topological polar surface area (TPSA) is 64.1 Å². The Bertz CT molecular complexity index is 400. The van der Waals surface area contributed by atoms with Crippen LogP contribution in [-0.4, -0.2) is 22.4 Å². The smallest absolute Gasteiger partial charge is 0.356 e. The SMILES string of the molecule is CCOC(=O)c1cc(=O)[nH]n1C1CC1. The number of hydrogen-bond donors (Lipinski definition) is 1. The molecule has 0 radical (unpaired) electrons. The van der Waals surface area contributed by atoms with Gasteiger partial charge in [0.05, 0.1) is 12.6 Å². The van der Waals surface area contributed by atoms with Crippen molar-refractivity contribution in [3.8, 4) is 0 Å². The minimum absolute atomic E-state index is 0.250. The van der Waals surface area contributed by atoms with Gasteiger partial charge in [-0.25, -0.2) is 4.79 Å². The molecule has 1 aromatic heterocycles. The van der Waals surface area contributed by atoms with Crippen LogP contribution in [0, 0.1) is 0 Å². The van der Waals surface area contributed by atoms with Crippen molar-refractivity contribution in [3.63, 3.8) is 0 Å². The summed E-state index contributed by atoms with van der Waals surface area (Å²) in [7, 11) is 0. The molecule has 0 aromatic carbocycles. The van der Waals surface area contributed by atoms with E-state index in [0.717, 1.165) is 12.8 Å². The van der Waals surface area contributed by atoms with Crippen LogP contribution < -0.4 is 5.56 Å². The quantitative estimate of drug-likeness (QED) is 0.723. The van der Waals surface area contributed by atoms with Crippen molar-refractivity contribution in [3.05, 3.63) is 22.1 Å². The van der Waals surface area contributed by atoms with Crippen LogP contribution in [0.4, 0.5) is 0 Å². The van der Waals surface area contributed by atoms with Crippen molar-refractivity contribution >= 4 is 5.97 Å². The summed E-state index contributed by atoms with van der Waals surface area (Å²) in [6, 6.07) is 1.56. The lowest BCUT2D eigenvalue weighted by Gasteiger charge is -2.04. The molecule has 14 heavy (non-hydrogen) atoms. The van der Waals surface area contributed by atoms with E-state index in [4.69, 9.17) is 4.74 Å². The molecule has 1 heterocycles. The number of nitrogens with one attached hydrogen (secondary N) is 1. The molecule has 1 fully saturated rings. The van der Waals surface area contributed by atoms with E-state index in [9.17, 15) is 9.59 Å². The number of rotatable bonds is 3. The summed E-state index contributed by atoms with van der Waals surface area (Å²) in [6.45, 7) is 2.06. The van der Waals surface area contributed by atoms with E-state index in [1.54, 1.807) is 11.6 Å². The number of nitrogens with zero attached hydrogens (tertiary/aromatic N) is 1. The van der Waals surface area contributed by atoms with Gasteiger partial charge in [0.2, 0.25) is 0 Å². The van der Waals surface area contributed by atoms with Crippen molar-refractivity contribution < 1.29 is 9.53 Å². The molecular formula is C9H12N2O3. The fraction of sp³-hybridized carbons (Fsp3) is 0.556. The second kappa shape index (κ2) is 3.32. The maximum atomic E-state index is 11.4. The number of esters is 1. The van der Waals surface area contributed by atoms with Gasteiger partial charge < -0.3 is 4.74 Å². The number of carbonyl (C=O) groups is 1. The van der Waals surface area contributed by atoms with Crippen LogP contribution in [0.5, 0.6) is 0 Å². The molecule has 0 bridgehead atoms. The van der Waals surface area contributed by atoms with Crippen LogP contribution in [0.3, 0.4) is 0 Å². The van der Waals surface area contributed by atoms with E-state index < -0.39 is 5.97 Å². The molecule has 0 spiro atoms. The van der Waals surface area contributed by atoms with Crippen LogP contribution in [0.1, 0.15) is 36.3 Å². The van der Waals surface area contributed by atoms with Crippen LogP contribution in [0.25, 0.3) is 0 Å².